The molecule has 0 aliphatic rings. The van der Waals surface area contributed by atoms with Gasteiger partial charge in [-0.05, 0) is 25.5 Å². The van der Waals surface area contributed by atoms with Gasteiger partial charge in [-0.2, -0.15) is 0 Å². The SMILES string of the molecule is CCN(CC)C(=O)/C=C/c1cccc([N+](=O)[O-])c1. The lowest BCUT2D eigenvalue weighted by molar-refractivity contribution is -0.384. The van der Waals surface area contributed by atoms with Gasteiger partial charge in [0, 0.05) is 31.3 Å². The third-order valence-electron chi connectivity index (χ3n) is 2.57. The van der Waals surface area contributed by atoms with Crippen LogP contribution in [0.25, 0.3) is 6.08 Å². The van der Waals surface area contributed by atoms with Gasteiger partial charge in [-0.15, -0.1) is 0 Å². The van der Waals surface area contributed by atoms with E-state index in [9.17, 15) is 14.9 Å². The molecule has 0 spiro atoms. The number of non-ortho nitro benzene ring substituents is 1. The topological polar surface area (TPSA) is 63.5 Å². The zero-order valence-corrected chi connectivity index (χ0v) is 10.5. The molecule has 5 heteroatoms. The maximum Gasteiger partial charge on any atom is 0.270 e. The number of nitrogens with zero attached hydrogens (tertiary/aromatic N) is 2. The van der Waals surface area contributed by atoms with Crippen molar-refractivity contribution in [3.05, 3.63) is 46.0 Å². The van der Waals surface area contributed by atoms with Crippen molar-refractivity contribution < 1.29 is 9.72 Å². The standard InChI is InChI=1S/C13H16N2O3/c1-3-14(4-2)13(16)9-8-11-6-5-7-12(10-11)15(17)18/h5-10H,3-4H2,1-2H3/b9-8+. The highest BCUT2D eigenvalue weighted by atomic mass is 16.6. The third-order valence-corrected chi connectivity index (χ3v) is 2.57. The van der Waals surface area contributed by atoms with Crippen LogP contribution in [0.2, 0.25) is 0 Å². The van der Waals surface area contributed by atoms with Crippen LogP contribution < -0.4 is 0 Å². The first-order chi connectivity index (χ1) is 8.58. The quantitative estimate of drug-likeness (QED) is 0.457. The Balaban J connectivity index is 2.81. The summed E-state index contributed by atoms with van der Waals surface area (Å²) in [6, 6.07) is 6.17. The molecule has 5 nitrogen and oxygen atoms in total. The number of nitro benzene ring substituents is 1. The van der Waals surface area contributed by atoms with Gasteiger partial charge in [0.05, 0.1) is 4.92 Å². The molecule has 0 fully saturated rings. The number of nitro groups is 1. The van der Waals surface area contributed by atoms with E-state index in [1.165, 1.54) is 18.2 Å². The minimum Gasteiger partial charge on any atom is -0.340 e. The molecule has 1 aromatic rings. The van der Waals surface area contributed by atoms with Gasteiger partial charge in [0.15, 0.2) is 0 Å². The molecule has 0 aliphatic carbocycles. The van der Waals surface area contributed by atoms with E-state index in [2.05, 4.69) is 0 Å². The van der Waals surface area contributed by atoms with Gasteiger partial charge in [0.25, 0.3) is 5.69 Å². The van der Waals surface area contributed by atoms with Crippen molar-refractivity contribution in [3.63, 3.8) is 0 Å². The second-order valence-corrected chi connectivity index (χ2v) is 3.70. The monoisotopic (exact) mass is 248 g/mol. The summed E-state index contributed by atoms with van der Waals surface area (Å²) >= 11 is 0. The second-order valence-electron chi connectivity index (χ2n) is 3.70. The van der Waals surface area contributed by atoms with Crippen molar-refractivity contribution in [1.29, 1.82) is 0 Å². The van der Waals surface area contributed by atoms with Crippen LogP contribution >= 0.6 is 0 Å². The Labute approximate surface area is 106 Å². The predicted octanol–water partition coefficient (Wildman–Crippen LogP) is 2.48. The van der Waals surface area contributed by atoms with E-state index in [0.29, 0.717) is 18.7 Å². The molecule has 1 aromatic carbocycles. The summed E-state index contributed by atoms with van der Waals surface area (Å²) in [5, 5.41) is 10.6. The van der Waals surface area contributed by atoms with Gasteiger partial charge in [-0.1, -0.05) is 12.1 Å². The van der Waals surface area contributed by atoms with Crippen LogP contribution in [0.5, 0.6) is 0 Å². The average molecular weight is 248 g/mol. The summed E-state index contributed by atoms with van der Waals surface area (Å²) in [4.78, 5) is 23.5. The smallest absolute Gasteiger partial charge is 0.270 e. The van der Waals surface area contributed by atoms with E-state index in [1.54, 1.807) is 23.1 Å². The minimum absolute atomic E-state index is 0.0208. The fraction of sp³-hybridized carbons (Fsp3) is 0.308. The molecular weight excluding hydrogens is 232 g/mol. The summed E-state index contributed by atoms with van der Waals surface area (Å²) in [5.41, 5.74) is 0.664. The largest absolute Gasteiger partial charge is 0.340 e. The van der Waals surface area contributed by atoms with E-state index < -0.39 is 4.92 Å². The van der Waals surface area contributed by atoms with Crippen molar-refractivity contribution in [3.8, 4) is 0 Å². The van der Waals surface area contributed by atoms with Crippen molar-refractivity contribution in [2.75, 3.05) is 13.1 Å². The Morgan fingerprint density at radius 1 is 1.39 bits per heavy atom. The Hall–Kier alpha value is -2.17. The molecule has 18 heavy (non-hydrogen) atoms. The van der Waals surface area contributed by atoms with Gasteiger partial charge in [-0.3, -0.25) is 14.9 Å². The molecule has 1 amide bonds. The molecule has 0 aliphatic heterocycles. The van der Waals surface area contributed by atoms with Gasteiger partial charge in [0.2, 0.25) is 5.91 Å². The third kappa shape index (κ3) is 3.69. The Bertz CT molecular complexity index is 465. The maximum atomic E-state index is 11.7. The first-order valence-corrected chi connectivity index (χ1v) is 5.80. The molecule has 0 unspecified atom stereocenters. The number of carbonyl (C=O) groups is 1. The van der Waals surface area contributed by atoms with Gasteiger partial charge in [-0.25, -0.2) is 0 Å². The molecular formula is C13H16N2O3. The van der Waals surface area contributed by atoms with Crippen LogP contribution in [0.1, 0.15) is 19.4 Å². The molecule has 96 valence electrons. The van der Waals surface area contributed by atoms with E-state index in [-0.39, 0.29) is 11.6 Å². The Kier molecular flexibility index (Phi) is 5.05. The Morgan fingerprint density at radius 3 is 2.61 bits per heavy atom. The summed E-state index contributed by atoms with van der Waals surface area (Å²) in [6.07, 6.45) is 3.03. The molecule has 1 rings (SSSR count). The highest BCUT2D eigenvalue weighted by Crippen LogP contribution is 2.14. The summed E-state index contributed by atoms with van der Waals surface area (Å²) < 4.78 is 0. The van der Waals surface area contributed by atoms with Crippen LogP contribution in [0.15, 0.2) is 30.3 Å². The van der Waals surface area contributed by atoms with Crippen molar-refractivity contribution >= 4 is 17.7 Å². The van der Waals surface area contributed by atoms with Crippen molar-refractivity contribution in [1.82, 2.24) is 4.90 Å². The zero-order valence-electron chi connectivity index (χ0n) is 10.5. The van der Waals surface area contributed by atoms with Gasteiger partial charge >= 0.3 is 0 Å². The van der Waals surface area contributed by atoms with Crippen molar-refractivity contribution in [2.24, 2.45) is 0 Å². The molecule has 0 heterocycles. The fourth-order valence-corrected chi connectivity index (χ4v) is 1.55. The first kappa shape index (κ1) is 13.9. The number of carbonyl (C=O) groups excluding carboxylic acids is 1. The highest BCUT2D eigenvalue weighted by Gasteiger charge is 2.06. The molecule has 0 aromatic heterocycles. The van der Waals surface area contributed by atoms with Gasteiger partial charge in [0.1, 0.15) is 0 Å². The number of likely N-dealkylation sites (N-methyl/N-ethyl adjacent to an activating group) is 1. The van der Waals surface area contributed by atoms with E-state index in [0.717, 1.165) is 0 Å². The predicted molar refractivity (Wildman–Crippen MR) is 70.1 cm³/mol. The number of benzene rings is 1. The average Bonchev–Trinajstić information content (AvgIpc) is 2.38. The van der Waals surface area contributed by atoms with Crippen LogP contribution in [-0.2, 0) is 4.79 Å². The molecule has 0 N–H and O–H groups in total. The lowest BCUT2D eigenvalue weighted by atomic mass is 10.2. The van der Waals surface area contributed by atoms with Crippen LogP contribution in [0, 0.1) is 10.1 Å². The lowest BCUT2D eigenvalue weighted by Gasteiger charge is -2.15. The summed E-state index contributed by atoms with van der Waals surface area (Å²) in [7, 11) is 0. The molecule has 0 bridgehead atoms. The molecule has 0 saturated carbocycles. The first-order valence-electron chi connectivity index (χ1n) is 5.80. The summed E-state index contributed by atoms with van der Waals surface area (Å²) in [6.45, 7) is 5.11. The molecule has 0 radical (unpaired) electrons. The van der Waals surface area contributed by atoms with Gasteiger partial charge < -0.3 is 4.90 Å². The second kappa shape index (κ2) is 6.54. The Morgan fingerprint density at radius 2 is 2.06 bits per heavy atom. The highest BCUT2D eigenvalue weighted by molar-refractivity contribution is 5.91. The number of rotatable bonds is 5. The minimum atomic E-state index is -0.455. The number of hydrogen-bond donors (Lipinski definition) is 0. The maximum absolute atomic E-state index is 11.7. The van der Waals surface area contributed by atoms with E-state index >= 15 is 0 Å². The van der Waals surface area contributed by atoms with Crippen LogP contribution in [0.4, 0.5) is 5.69 Å². The van der Waals surface area contributed by atoms with E-state index in [4.69, 9.17) is 0 Å². The van der Waals surface area contributed by atoms with Crippen molar-refractivity contribution in [2.45, 2.75) is 13.8 Å². The van der Waals surface area contributed by atoms with Crippen LogP contribution in [0.3, 0.4) is 0 Å². The molecule has 0 atom stereocenters. The number of hydrogen-bond acceptors (Lipinski definition) is 3. The normalized spacial score (nSPS) is 10.6. The number of amides is 1. The van der Waals surface area contributed by atoms with E-state index in [1.807, 2.05) is 13.8 Å². The summed E-state index contributed by atoms with van der Waals surface area (Å²) in [5.74, 6) is -0.0912. The van der Waals surface area contributed by atoms with Crippen LogP contribution in [-0.4, -0.2) is 28.8 Å². The molecule has 0 saturated heterocycles. The zero-order chi connectivity index (χ0) is 13.5. The fourth-order valence-electron chi connectivity index (χ4n) is 1.55. The lowest BCUT2D eigenvalue weighted by Crippen LogP contribution is -2.28.